The predicted octanol–water partition coefficient (Wildman–Crippen LogP) is 6.13. The number of aliphatic carboxylic acids is 1. The van der Waals surface area contributed by atoms with E-state index in [4.69, 9.17) is 23.2 Å². The van der Waals surface area contributed by atoms with Crippen LogP contribution in [-0.2, 0) is 19.6 Å². The Balaban J connectivity index is 2.25. The molecule has 1 aliphatic rings. The van der Waals surface area contributed by atoms with Crippen LogP contribution in [-0.4, -0.2) is 66.2 Å². The van der Waals surface area contributed by atoms with Gasteiger partial charge in [-0.15, -0.1) is 0 Å². The minimum Gasteiger partial charge on any atom is -0.481 e. The largest absolute Gasteiger partial charge is 0.481 e. The zero-order chi connectivity index (χ0) is 30.0. The van der Waals surface area contributed by atoms with Gasteiger partial charge in [-0.25, -0.2) is 8.42 Å². The second-order valence-corrected chi connectivity index (χ2v) is 13.3. The number of carbonyl (C=O) groups is 2. The molecule has 0 spiro atoms. The summed E-state index contributed by atoms with van der Waals surface area (Å²) in [5, 5.41) is 10.5. The zero-order valence-electron chi connectivity index (χ0n) is 22.2. The molecule has 220 valence electrons. The third-order valence-electron chi connectivity index (χ3n) is 7.24. The lowest BCUT2D eigenvalue weighted by atomic mass is 9.67. The normalized spacial score (nSPS) is 22.9. The molecule has 13 heteroatoms. The highest BCUT2D eigenvalue weighted by Crippen LogP contribution is 2.52. The Labute approximate surface area is 241 Å². The number of carbonyl (C=O) groups excluding carboxylic acids is 1. The van der Waals surface area contributed by atoms with E-state index in [1.807, 2.05) is 0 Å². The summed E-state index contributed by atoms with van der Waals surface area (Å²) in [6.07, 6.45) is -4.45. The van der Waals surface area contributed by atoms with Crippen LogP contribution >= 0.6 is 23.2 Å². The maximum absolute atomic E-state index is 14.2. The van der Waals surface area contributed by atoms with Gasteiger partial charge in [-0.1, -0.05) is 61.3 Å². The van der Waals surface area contributed by atoms with E-state index in [1.54, 1.807) is 55.5 Å². The van der Waals surface area contributed by atoms with Crippen molar-refractivity contribution < 1.29 is 36.3 Å². The van der Waals surface area contributed by atoms with Crippen LogP contribution in [0.2, 0.25) is 10.0 Å². The molecule has 4 atom stereocenters. The number of nitrogens with zero attached hydrogens (tertiary/aromatic N) is 2. The number of piperidine rings is 1. The van der Waals surface area contributed by atoms with Crippen molar-refractivity contribution in [2.45, 2.75) is 57.3 Å². The molecule has 2 aromatic carbocycles. The maximum Gasteiger partial charge on any atom is 0.402 e. The minimum absolute atomic E-state index is 0.102. The Kier molecular flexibility index (Phi) is 9.86. The summed E-state index contributed by atoms with van der Waals surface area (Å²) >= 11 is 12.4. The summed E-state index contributed by atoms with van der Waals surface area (Å²) in [6.45, 7) is 0.807. The molecule has 1 saturated heterocycles. The van der Waals surface area contributed by atoms with Gasteiger partial charge in [0.1, 0.15) is 6.54 Å². The van der Waals surface area contributed by atoms with Crippen molar-refractivity contribution in [3.05, 3.63) is 69.7 Å². The Hall–Kier alpha value is -2.34. The topological polar surface area (TPSA) is 95.0 Å². The molecule has 1 unspecified atom stereocenters. The molecule has 1 N–H and O–H groups in total. The summed E-state index contributed by atoms with van der Waals surface area (Å²) in [4.78, 5) is 27.5. The van der Waals surface area contributed by atoms with Gasteiger partial charge in [0, 0.05) is 28.5 Å². The van der Waals surface area contributed by atoms with E-state index in [0.29, 0.717) is 31.7 Å². The van der Waals surface area contributed by atoms with Crippen molar-refractivity contribution in [1.29, 1.82) is 0 Å². The van der Waals surface area contributed by atoms with Crippen LogP contribution in [0.25, 0.3) is 0 Å². The second kappa shape index (κ2) is 12.3. The van der Waals surface area contributed by atoms with E-state index in [0.717, 1.165) is 0 Å². The smallest absolute Gasteiger partial charge is 0.402 e. The van der Waals surface area contributed by atoms with Crippen molar-refractivity contribution in [1.82, 2.24) is 9.21 Å². The van der Waals surface area contributed by atoms with Crippen LogP contribution in [0.5, 0.6) is 0 Å². The summed E-state index contributed by atoms with van der Waals surface area (Å²) in [5.41, 5.74) is -0.123. The molecule has 0 bridgehead atoms. The molecule has 0 saturated carbocycles. The van der Waals surface area contributed by atoms with Crippen LogP contribution < -0.4 is 0 Å². The Bertz CT molecular complexity index is 1340. The lowest BCUT2D eigenvalue weighted by molar-refractivity contribution is -0.162. The first-order chi connectivity index (χ1) is 18.4. The van der Waals surface area contributed by atoms with Crippen molar-refractivity contribution in [2.75, 3.05) is 19.3 Å². The second-order valence-electron chi connectivity index (χ2n) is 10.4. The molecule has 40 heavy (non-hydrogen) atoms. The Morgan fingerprint density at radius 3 is 2.27 bits per heavy atom. The van der Waals surface area contributed by atoms with Crippen LogP contribution in [0.4, 0.5) is 13.2 Å². The molecule has 2 aromatic rings. The van der Waals surface area contributed by atoms with Gasteiger partial charge in [-0.05, 0) is 48.2 Å². The van der Waals surface area contributed by atoms with Gasteiger partial charge >= 0.3 is 12.1 Å². The highest BCUT2D eigenvalue weighted by Gasteiger charge is 2.53. The molecule has 1 amide bonds. The van der Waals surface area contributed by atoms with Gasteiger partial charge in [0.2, 0.25) is 15.9 Å². The minimum atomic E-state index is -4.82. The van der Waals surface area contributed by atoms with E-state index >= 15 is 0 Å². The molecule has 1 heterocycles. The number of hydrogen-bond acceptors (Lipinski definition) is 4. The number of halogens is 5. The molecular weight excluding hydrogens is 592 g/mol. The maximum atomic E-state index is 14.2. The first-order valence-electron chi connectivity index (χ1n) is 12.5. The molecule has 0 aromatic heterocycles. The number of carboxylic acid groups (broad SMARTS) is 1. The monoisotopic (exact) mass is 622 g/mol. The lowest BCUT2D eigenvalue weighted by Crippen LogP contribution is -2.59. The van der Waals surface area contributed by atoms with Gasteiger partial charge < -0.3 is 10.0 Å². The van der Waals surface area contributed by atoms with Crippen LogP contribution in [0.1, 0.15) is 56.2 Å². The van der Waals surface area contributed by atoms with E-state index in [-0.39, 0.29) is 12.8 Å². The third-order valence-corrected chi connectivity index (χ3v) is 8.94. The van der Waals surface area contributed by atoms with E-state index in [2.05, 4.69) is 0 Å². The highest BCUT2D eigenvalue weighted by molar-refractivity contribution is 7.88. The number of amides is 1. The first-order valence-corrected chi connectivity index (χ1v) is 15.1. The average Bonchev–Trinajstić information content (AvgIpc) is 2.82. The summed E-state index contributed by atoms with van der Waals surface area (Å²) < 4.78 is 65.4. The van der Waals surface area contributed by atoms with Crippen LogP contribution in [0, 0.1) is 5.41 Å². The molecule has 3 rings (SSSR count). The highest BCUT2D eigenvalue weighted by atomic mass is 35.5. The Morgan fingerprint density at radius 2 is 1.77 bits per heavy atom. The molecule has 1 fully saturated rings. The van der Waals surface area contributed by atoms with Crippen LogP contribution in [0.15, 0.2) is 48.5 Å². The van der Waals surface area contributed by atoms with Crippen molar-refractivity contribution in [3.8, 4) is 0 Å². The molecule has 0 aliphatic carbocycles. The number of rotatable bonds is 10. The number of alkyl halides is 3. The fraction of sp³-hybridized carbons (Fsp3) is 0.481. The van der Waals surface area contributed by atoms with Gasteiger partial charge in [-0.2, -0.15) is 17.5 Å². The zero-order valence-corrected chi connectivity index (χ0v) is 24.5. The van der Waals surface area contributed by atoms with Crippen molar-refractivity contribution in [3.63, 3.8) is 0 Å². The van der Waals surface area contributed by atoms with E-state index in [1.165, 1.54) is 11.8 Å². The number of likely N-dealkylation sites (tertiary alicyclic amines) is 1. The number of hydrogen-bond donors (Lipinski definition) is 1. The number of benzene rings is 2. The fourth-order valence-corrected chi connectivity index (χ4v) is 6.60. The molecular formula is C27H31Cl2F3N2O5S. The third kappa shape index (κ3) is 7.69. The van der Waals surface area contributed by atoms with Crippen LogP contribution in [0.3, 0.4) is 0 Å². The van der Waals surface area contributed by atoms with Gasteiger partial charge in [0.25, 0.3) is 0 Å². The quantitative estimate of drug-likeness (QED) is 0.344. The fourth-order valence-electron chi connectivity index (χ4n) is 5.45. The van der Waals surface area contributed by atoms with Gasteiger partial charge in [0.05, 0.1) is 24.1 Å². The lowest BCUT2D eigenvalue weighted by Gasteiger charge is -2.52. The average molecular weight is 624 g/mol. The van der Waals surface area contributed by atoms with E-state index in [9.17, 15) is 36.3 Å². The summed E-state index contributed by atoms with van der Waals surface area (Å²) in [5.74, 6) is -2.32. The molecule has 0 radical (unpaired) electrons. The first kappa shape index (κ1) is 32.2. The molecule has 1 aliphatic heterocycles. The molecule has 7 nitrogen and oxygen atoms in total. The summed E-state index contributed by atoms with van der Waals surface area (Å²) in [6, 6.07) is 11.7. The van der Waals surface area contributed by atoms with Crippen molar-refractivity contribution >= 4 is 45.1 Å². The van der Waals surface area contributed by atoms with Gasteiger partial charge in [0.15, 0.2) is 0 Å². The van der Waals surface area contributed by atoms with Gasteiger partial charge in [-0.3, -0.25) is 9.59 Å². The predicted molar refractivity (Wildman–Crippen MR) is 147 cm³/mol. The SMILES string of the molecule is CCC(CN(CC(F)(F)F)S(C)(=O)=O)N1C(=O)[C@@](C)(CC(=O)O)C[C@H](c2cccc(Cl)c2)[C@H]1c1ccc(Cl)cc1. The van der Waals surface area contributed by atoms with Crippen molar-refractivity contribution in [2.24, 2.45) is 5.41 Å². The Morgan fingerprint density at radius 1 is 1.15 bits per heavy atom. The standard InChI is InChI=1S/C27H31Cl2F3N2O5S/c1-4-21(15-33(40(3,38)39)16-27(30,31)32)34-24(17-8-10-19(28)11-9-17)22(18-6-5-7-20(29)12-18)13-26(2,25(34)37)14-23(35)36/h5-12,21-22,24H,4,13-16H2,1-3H3,(H,35,36)/t21?,22-,24-,26-/m1/s1. The number of carboxylic acids is 1. The van der Waals surface area contributed by atoms with E-state index < -0.39 is 71.0 Å². The number of sulfonamides is 1. The summed E-state index contributed by atoms with van der Waals surface area (Å²) in [7, 11) is -4.32.